The van der Waals surface area contributed by atoms with Crippen molar-refractivity contribution < 1.29 is 18.8 Å². The molecule has 0 saturated heterocycles. The molecule has 0 bridgehead atoms. The number of fused-ring (bicyclic) bond motifs is 1. The predicted octanol–water partition coefficient (Wildman–Crippen LogP) is 3.58. The molecule has 0 aliphatic rings. The van der Waals surface area contributed by atoms with Gasteiger partial charge in [-0.1, -0.05) is 12.6 Å². The lowest BCUT2D eigenvalue weighted by molar-refractivity contribution is 0.0145. The van der Waals surface area contributed by atoms with Crippen LogP contribution >= 0.6 is 0 Å². The van der Waals surface area contributed by atoms with Gasteiger partial charge in [0, 0.05) is 5.39 Å². The predicted molar refractivity (Wildman–Crippen MR) is 100 cm³/mol. The minimum absolute atomic E-state index is 0.154. The Morgan fingerprint density at radius 2 is 2.19 bits per heavy atom. The highest BCUT2D eigenvalue weighted by Gasteiger charge is 2.17. The molecule has 0 radical (unpaired) electrons. The fraction of sp³-hybridized carbons (Fsp3) is 0.158. The zero-order valence-electron chi connectivity index (χ0n) is 14.7. The molecule has 1 heterocycles. The summed E-state index contributed by atoms with van der Waals surface area (Å²) in [5, 5.41) is 10.5. The molecule has 3 N–H and O–H groups in total. The molecule has 0 aliphatic carbocycles. The Morgan fingerprint density at radius 1 is 1.33 bits per heavy atom. The normalized spacial score (nSPS) is 10.6. The maximum atomic E-state index is 14.3. The number of halogens is 1. The molecule has 0 saturated carbocycles. The molecule has 8 heteroatoms. The average molecular weight is 370 g/mol. The molecule has 140 valence electrons. The highest BCUT2D eigenvalue weighted by Crippen LogP contribution is 2.30. The van der Waals surface area contributed by atoms with Gasteiger partial charge in [-0.3, -0.25) is 14.7 Å². The number of hydrogen-bond donors (Lipinski definition) is 3. The SMILES string of the molecule is C=COCCONC(=O)c1ccc2[nH]ncc2c1Nc1ccc(C)cc1F. The van der Waals surface area contributed by atoms with Crippen LogP contribution < -0.4 is 10.8 Å². The van der Waals surface area contributed by atoms with Crippen LogP contribution in [0.2, 0.25) is 0 Å². The first-order valence-corrected chi connectivity index (χ1v) is 8.24. The number of hydrogen-bond acceptors (Lipinski definition) is 5. The van der Waals surface area contributed by atoms with Gasteiger partial charge in [0.25, 0.3) is 5.91 Å². The number of aromatic nitrogens is 2. The van der Waals surface area contributed by atoms with Crippen molar-refractivity contribution >= 4 is 28.2 Å². The first kappa shape index (κ1) is 18.4. The van der Waals surface area contributed by atoms with E-state index in [1.165, 1.54) is 12.3 Å². The molecule has 7 nitrogen and oxygen atoms in total. The molecule has 1 aromatic heterocycles. The van der Waals surface area contributed by atoms with E-state index >= 15 is 0 Å². The highest BCUT2D eigenvalue weighted by atomic mass is 19.1. The number of anilines is 2. The maximum absolute atomic E-state index is 14.3. The van der Waals surface area contributed by atoms with E-state index in [0.717, 1.165) is 5.56 Å². The maximum Gasteiger partial charge on any atom is 0.276 e. The first-order chi connectivity index (χ1) is 13.1. The van der Waals surface area contributed by atoms with E-state index in [0.29, 0.717) is 16.6 Å². The Kier molecular flexibility index (Phi) is 5.68. The van der Waals surface area contributed by atoms with Gasteiger partial charge in [-0.25, -0.2) is 9.87 Å². The van der Waals surface area contributed by atoms with E-state index < -0.39 is 11.7 Å². The van der Waals surface area contributed by atoms with Crippen LogP contribution in [0.3, 0.4) is 0 Å². The fourth-order valence-electron chi connectivity index (χ4n) is 2.54. The van der Waals surface area contributed by atoms with Gasteiger partial charge in [0.1, 0.15) is 19.0 Å². The summed E-state index contributed by atoms with van der Waals surface area (Å²) in [5.41, 5.74) is 4.82. The Bertz CT molecular complexity index is 971. The highest BCUT2D eigenvalue weighted by molar-refractivity contribution is 6.08. The van der Waals surface area contributed by atoms with Crippen molar-refractivity contribution in [2.75, 3.05) is 18.5 Å². The lowest BCUT2D eigenvalue weighted by atomic mass is 10.1. The number of nitrogens with zero attached hydrogens (tertiary/aromatic N) is 1. The van der Waals surface area contributed by atoms with Crippen LogP contribution in [-0.4, -0.2) is 29.3 Å². The van der Waals surface area contributed by atoms with E-state index in [1.807, 2.05) is 0 Å². The van der Waals surface area contributed by atoms with Gasteiger partial charge in [-0.15, -0.1) is 0 Å². The number of aryl methyl sites for hydroxylation is 1. The molecule has 3 rings (SSSR count). The van der Waals surface area contributed by atoms with Crippen molar-refractivity contribution in [1.29, 1.82) is 0 Å². The van der Waals surface area contributed by atoms with Crippen molar-refractivity contribution in [1.82, 2.24) is 15.7 Å². The molecule has 0 unspecified atom stereocenters. The number of amides is 1. The summed E-state index contributed by atoms with van der Waals surface area (Å²) in [4.78, 5) is 17.6. The van der Waals surface area contributed by atoms with E-state index in [4.69, 9.17) is 9.57 Å². The lowest BCUT2D eigenvalue weighted by Crippen LogP contribution is -2.26. The second-order valence-corrected chi connectivity index (χ2v) is 5.74. The number of ether oxygens (including phenoxy) is 1. The van der Waals surface area contributed by atoms with Crippen LogP contribution in [0.1, 0.15) is 15.9 Å². The second-order valence-electron chi connectivity index (χ2n) is 5.74. The Balaban J connectivity index is 1.87. The Hall–Kier alpha value is -3.39. The summed E-state index contributed by atoms with van der Waals surface area (Å²) in [5.74, 6) is -0.897. The largest absolute Gasteiger partial charge is 0.499 e. The van der Waals surface area contributed by atoms with E-state index in [-0.39, 0.29) is 24.5 Å². The summed E-state index contributed by atoms with van der Waals surface area (Å²) in [7, 11) is 0. The second kappa shape index (κ2) is 8.33. The van der Waals surface area contributed by atoms with Crippen LogP contribution in [0.25, 0.3) is 10.9 Å². The van der Waals surface area contributed by atoms with Gasteiger partial charge >= 0.3 is 0 Å². The van der Waals surface area contributed by atoms with E-state index in [2.05, 4.69) is 27.6 Å². The zero-order valence-corrected chi connectivity index (χ0v) is 14.7. The van der Waals surface area contributed by atoms with E-state index in [9.17, 15) is 9.18 Å². The number of benzene rings is 2. The summed E-state index contributed by atoms with van der Waals surface area (Å²) in [6.45, 7) is 5.63. The molecule has 0 aliphatic heterocycles. The fourth-order valence-corrected chi connectivity index (χ4v) is 2.54. The molecular formula is C19H19FN4O3. The third-order valence-corrected chi connectivity index (χ3v) is 3.84. The molecule has 0 atom stereocenters. The van der Waals surface area contributed by atoms with Gasteiger partial charge in [-0.2, -0.15) is 5.10 Å². The number of carbonyl (C=O) groups excluding carboxylic acids is 1. The van der Waals surface area contributed by atoms with Crippen LogP contribution in [0.5, 0.6) is 0 Å². The van der Waals surface area contributed by atoms with Crippen LogP contribution in [-0.2, 0) is 9.57 Å². The quantitative estimate of drug-likeness (QED) is 0.320. The zero-order chi connectivity index (χ0) is 19.2. The number of hydroxylamine groups is 1. The molecule has 3 aromatic rings. The van der Waals surface area contributed by atoms with Crippen molar-refractivity contribution in [2.45, 2.75) is 6.92 Å². The first-order valence-electron chi connectivity index (χ1n) is 8.24. The Morgan fingerprint density at radius 3 is 2.96 bits per heavy atom. The topological polar surface area (TPSA) is 88.3 Å². The number of rotatable bonds is 8. The van der Waals surface area contributed by atoms with Crippen molar-refractivity contribution in [3.8, 4) is 0 Å². The van der Waals surface area contributed by atoms with Gasteiger partial charge in [-0.05, 0) is 36.8 Å². The summed E-state index contributed by atoms with van der Waals surface area (Å²) < 4.78 is 19.2. The molecular weight excluding hydrogens is 351 g/mol. The van der Waals surface area contributed by atoms with Crippen LogP contribution in [0.4, 0.5) is 15.8 Å². The standard InChI is InChI=1S/C19H19FN4O3/c1-3-26-8-9-27-24-19(25)13-5-7-16-14(11-21-23-16)18(13)22-17-6-4-12(2)10-15(17)20/h3-7,10-11,22H,1,8-9H2,2H3,(H,21,23)(H,24,25). The van der Waals surface area contributed by atoms with Crippen LogP contribution in [0, 0.1) is 12.7 Å². The van der Waals surface area contributed by atoms with E-state index in [1.54, 1.807) is 37.4 Å². The van der Waals surface area contributed by atoms with Gasteiger partial charge in [0.2, 0.25) is 0 Å². The summed E-state index contributed by atoms with van der Waals surface area (Å²) in [6.07, 6.45) is 2.86. The molecule has 0 fully saturated rings. The number of carbonyl (C=O) groups is 1. The third kappa shape index (κ3) is 4.24. The number of aromatic amines is 1. The molecule has 0 spiro atoms. The van der Waals surface area contributed by atoms with Crippen molar-refractivity contribution in [3.63, 3.8) is 0 Å². The molecule has 1 amide bonds. The lowest BCUT2D eigenvalue weighted by Gasteiger charge is -2.14. The smallest absolute Gasteiger partial charge is 0.276 e. The van der Waals surface area contributed by atoms with Crippen LogP contribution in [0.15, 0.2) is 49.4 Å². The van der Waals surface area contributed by atoms with Gasteiger partial charge < -0.3 is 10.1 Å². The van der Waals surface area contributed by atoms with Crippen molar-refractivity contribution in [3.05, 3.63) is 66.3 Å². The van der Waals surface area contributed by atoms with Crippen molar-refractivity contribution in [2.24, 2.45) is 0 Å². The monoisotopic (exact) mass is 370 g/mol. The molecule has 2 aromatic carbocycles. The minimum Gasteiger partial charge on any atom is -0.499 e. The third-order valence-electron chi connectivity index (χ3n) is 3.84. The number of H-pyrrole nitrogens is 1. The van der Waals surface area contributed by atoms with Gasteiger partial charge in [0.05, 0.1) is 34.9 Å². The van der Waals surface area contributed by atoms with Gasteiger partial charge in [0.15, 0.2) is 0 Å². The summed E-state index contributed by atoms with van der Waals surface area (Å²) in [6, 6.07) is 8.14. The minimum atomic E-state index is -0.480. The molecule has 27 heavy (non-hydrogen) atoms. The average Bonchev–Trinajstić information content (AvgIpc) is 3.13. The summed E-state index contributed by atoms with van der Waals surface area (Å²) >= 11 is 0. The number of nitrogens with one attached hydrogen (secondary N) is 3. The Labute approximate surface area is 155 Å².